The molecule has 19 N–H and O–H groups in total. The number of guanidine groups is 1. The number of aliphatic hydroxyl groups is 2. The number of nitrogens with one attached hydrogen (secondary N) is 12. The number of rotatable bonds is 32. The molecule has 482 valence electrons. The monoisotopic (exact) mass is 1240 g/mol. The van der Waals surface area contributed by atoms with Gasteiger partial charge in [0.1, 0.15) is 53.6 Å². The second-order valence-corrected chi connectivity index (χ2v) is 22.7. The van der Waals surface area contributed by atoms with Crippen molar-refractivity contribution in [2.75, 3.05) is 26.7 Å². The molecule has 0 spiro atoms. The number of para-hydroxylation sites is 1. The van der Waals surface area contributed by atoms with Gasteiger partial charge >= 0.3 is 0 Å². The van der Waals surface area contributed by atoms with E-state index in [1.807, 2.05) is 24.3 Å². The van der Waals surface area contributed by atoms with Crippen LogP contribution in [0.3, 0.4) is 0 Å². The molecule has 0 radical (unpaired) electrons. The highest BCUT2D eigenvalue weighted by Crippen LogP contribution is 2.23. The topological polar surface area (TPSA) is 464 Å². The van der Waals surface area contributed by atoms with Gasteiger partial charge in [0.25, 0.3) is 0 Å². The summed E-state index contributed by atoms with van der Waals surface area (Å²) >= 11 is 0. The highest BCUT2D eigenvalue weighted by atomic mass is 16.3. The maximum Gasteiger partial charge on any atom is 0.246 e. The van der Waals surface area contributed by atoms with Crippen molar-refractivity contribution in [3.8, 4) is 5.75 Å². The van der Waals surface area contributed by atoms with Crippen LogP contribution in [0.2, 0.25) is 0 Å². The maximum absolute atomic E-state index is 14.4. The van der Waals surface area contributed by atoms with Gasteiger partial charge in [-0.25, -0.2) is 0 Å². The fraction of sp³-hybridized carbons (Fsp3) is 0.467. The number of nitrogens with zero attached hydrogens (tertiary/aromatic N) is 1. The van der Waals surface area contributed by atoms with Gasteiger partial charge in [-0.1, -0.05) is 74.5 Å². The average molecular weight is 1240 g/mol. The second-order valence-electron chi connectivity index (χ2n) is 22.7. The van der Waals surface area contributed by atoms with Gasteiger partial charge in [-0.05, 0) is 73.9 Å². The molecule has 0 saturated carbocycles. The summed E-state index contributed by atoms with van der Waals surface area (Å²) in [5.41, 5.74) is 11.9. The average Bonchev–Trinajstić information content (AvgIpc) is 2.17. The molecule has 29 nitrogen and oxygen atoms in total. The van der Waals surface area contributed by atoms with E-state index >= 15 is 0 Å². The van der Waals surface area contributed by atoms with Crippen molar-refractivity contribution in [1.82, 2.24) is 63.1 Å². The number of phenols is 1. The highest BCUT2D eigenvalue weighted by molar-refractivity contribution is 6.00. The Kier molecular flexibility index (Phi) is 25.9. The van der Waals surface area contributed by atoms with Crippen molar-refractivity contribution in [2.45, 2.75) is 146 Å². The van der Waals surface area contributed by atoms with Crippen molar-refractivity contribution in [3.05, 3.63) is 102 Å². The van der Waals surface area contributed by atoms with Crippen LogP contribution in [0.15, 0.2) is 85.1 Å². The highest BCUT2D eigenvalue weighted by Gasteiger charge is 2.44. The number of hydrogen-bond acceptors (Lipinski definition) is 15. The number of carbonyl (C=O) groups is 11. The Balaban J connectivity index is 1.30. The first kappa shape index (κ1) is 70.1. The van der Waals surface area contributed by atoms with Gasteiger partial charge in [-0.3, -0.25) is 58.1 Å². The lowest BCUT2D eigenvalue weighted by molar-refractivity contribution is -0.142. The zero-order valence-corrected chi connectivity index (χ0v) is 50.6. The van der Waals surface area contributed by atoms with Gasteiger partial charge in [-0.2, -0.15) is 0 Å². The standard InChI is InChI=1S/C60H83N15O14/c1-32(2)23-44(53(84)70-42(17-12-22-65-59(63)64-6)52(83)71-43(51(62)82)25-37-29-66-41-16-11-10-15-40(37)41)69-49(81)30-67-58(89)60(5,28-36-13-8-7-9-14-36)74-56(87)50(33(3)76)73-54(85)45(27-48(61)80)72-55(86)47-26-39(79)31-75(47)57(88)46(68-34(4)77)24-35-18-20-38(78)21-19-35/h7-11,13-16,18-21,29,32-33,39,42-47,50,66,76,78-79H,12,17,22-28,30-31H2,1-6H3,(H2,61,80)(H2,62,82)(H,67,89)(H,68,77)(H,69,81)(H,70,84)(H,71,83)(H,72,86)(H,73,85)(H,74,87)(H3,63,64,65)/t33-,39-,42+,43+,44+,45+,46-,47+,50+,60+/m1/s1. The van der Waals surface area contributed by atoms with Crippen LogP contribution in [-0.4, -0.2) is 183 Å². The molecule has 0 aliphatic carbocycles. The zero-order chi connectivity index (χ0) is 65.7. The number of aromatic amines is 1. The summed E-state index contributed by atoms with van der Waals surface area (Å²) in [5, 5.41) is 65.9. The lowest BCUT2D eigenvalue weighted by atomic mass is 9.90. The van der Waals surface area contributed by atoms with Crippen LogP contribution in [0.4, 0.5) is 0 Å². The van der Waals surface area contributed by atoms with Gasteiger partial charge in [0.2, 0.25) is 65.0 Å². The van der Waals surface area contributed by atoms with Gasteiger partial charge in [0.05, 0.1) is 25.2 Å². The molecule has 1 saturated heterocycles. The van der Waals surface area contributed by atoms with Crippen LogP contribution in [0.1, 0.15) is 83.4 Å². The maximum atomic E-state index is 14.4. The minimum absolute atomic E-state index is 0.00979. The van der Waals surface area contributed by atoms with E-state index in [4.69, 9.17) is 16.9 Å². The molecule has 3 aromatic carbocycles. The van der Waals surface area contributed by atoms with Gasteiger partial charge < -0.3 is 89.8 Å². The number of aliphatic hydroxyl groups excluding tert-OH is 2. The molecule has 1 aliphatic rings. The molecule has 11 amide bonds. The van der Waals surface area contributed by atoms with Crippen LogP contribution in [-0.2, 0) is 72.0 Å². The molecule has 10 atom stereocenters. The molecule has 0 unspecified atom stereocenters. The lowest BCUT2D eigenvalue weighted by Crippen LogP contribution is -2.65. The van der Waals surface area contributed by atoms with Gasteiger partial charge in [0.15, 0.2) is 5.96 Å². The van der Waals surface area contributed by atoms with Crippen molar-refractivity contribution in [3.63, 3.8) is 0 Å². The Morgan fingerprint density at radius 2 is 1.38 bits per heavy atom. The van der Waals surface area contributed by atoms with E-state index < -0.39 is 138 Å². The van der Waals surface area contributed by atoms with E-state index in [1.165, 1.54) is 38.1 Å². The van der Waals surface area contributed by atoms with E-state index in [0.717, 1.165) is 22.7 Å². The van der Waals surface area contributed by atoms with Crippen LogP contribution < -0.4 is 64.6 Å². The minimum atomic E-state index is -1.97. The fourth-order valence-corrected chi connectivity index (χ4v) is 10.2. The molecule has 89 heavy (non-hydrogen) atoms. The van der Waals surface area contributed by atoms with Crippen molar-refractivity contribution in [1.29, 1.82) is 5.41 Å². The smallest absolute Gasteiger partial charge is 0.246 e. The van der Waals surface area contributed by atoms with Crippen LogP contribution in [0.25, 0.3) is 10.9 Å². The Morgan fingerprint density at radius 3 is 2.01 bits per heavy atom. The van der Waals surface area contributed by atoms with E-state index in [9.17, 15) is 68.1 Å². The number of fused-ring (bicyclic) bond motifs is 1. The third kappa shape index (κ3) is 21.3. The molecule has 2 heterocycles. The van der Waals surface area contributed by atoms with E-state index in [0.29, 0.717) is 16.7 Å². The summed E-state index contributed by atoms with van der Waals surface area (Å²) < 4.78 is 0. The van der Waals surface area contributed by atoms with Crippen LogP contribution in [0.5, 0.6) is 5.75 Å². The summed E-state index contributed by atoms with van der Waals surface area (Å²) in [7, 11) is 1.54. The molecular formula is C60H83N15O14. The molecule has 4 aromatic rings. The number of primary amides is 2. The largest absolute Gasteiger partial charge is 0.508 e. The van der Waals surface area contributed by atoms with E-state index in [2.05, 4.69) is 58.2 Å². The number of aromatic hydroxyl groups is 1. The number of β-amino-alcohol motifs (C(OH)–C–C–N with tert-alkyl or cyclic N) is 1. The summed E-state index contributed by atoms with van der Waals surface area (Å²) in [4.78, 5) is 154. The number of aromatic nitrogens is 1. The Bertz CT molecular complexity index is 3180. The third-order valence-electron chi connectivity index (χ3n) is 14.7. The number of phenolic OH excluding ortho intramolecular Hbond substituents is 1. The number of hydrogen-bond donors (Lipinski definition) is 17. The number of nitrogens with two attached hydrogens (primary N) is 2. The van der Waals surface area contributed by atoms with Crippen molar-refractivity contribution < 1.29 is 68.1 Å². The molecular weight excluding hydrogens is 1150 g/mol. The van der Waals surface area contributed by atoms with Crippen LogP contribution in [0, 0.1) is 11.3 Å². The Morgan fingerprint density at radius 1 is 0.742 bits per heavy atom. The fourth-order valence-electron chi connectivity index (χ4n) is 10.2. The molecule has 1 aliphatic heterocycles. The lowest BCUT2D eigenvalue weighted by Gasteiger charge is -2.33. The summed E-state index contributed by atoms with van der Waals surface area (Å²) in [6.45, 7) is 6.28. The van der Waals surface area contributed by atoms with Gasteiger partial charge in [0, 0.05) is 69.8 Å². The van der Waals surface area contributed by atoms with E-state index in [1.54, 1.807) is 57.4 Å². The first-order valence-electron chi connectivity index (χ1n) is 29.1. The number of benzene rings is 3. The molecule has 1 aromatic heterocycles. The number of likely N-dealkylation sites (tertiary alicyclic amines) is 1. The predicted molar refractivity (Wildman–Crippen MR) is 325 cm³/mol. The predicted octanol–water partition coefficient (Wildman–Crippen LogP) is -2.91. The van der Waals surface area contributed by atoms with Crippen molar-refractivity contribution >= 4 is 81.8 Å². The normalized spacial score (nSPS) is 16.7. The molecule has 0 bridgehead atoms. The third-order valence-corrected chi connectivity index (χ3v) is 14.7. The Labute approximate surface area is 514 Å². The molecule has 1 fully saturated rings. The van der Waals surface area contributed by atoms with E-state index in [-0.39, 0.29) is 75.7 Å². The zero-order valence-electron chi connectivity index (χ0n) is 50.6. The Hall–Kier alpha value is -9.64. The quantitative estimate of drug-likeness (QED) is 0.0132. The second kappa shape index (κ2) is 32.9. The van der Waals surface area contributed by atoms with Gasteiger partial charge in [-0.15, -0.1) is 0 Å². The first-order valence-corrected chi connectivity index (χ1v) is 29.1. The number of carbonyl (C=O) groups excluding carboxylic acids is 11. The minimum Gasteiger partial charge on any atom is -0.508 e. The van der Waals surface area contributed by atoms with Crippen molar-refractivity contribution in [2.24, 2.45) is 17.4 Å². The summed E-state index contributed by atoms with van der Waals surface area (Å²) in [6.07, 6.45) is -2.42. The number of H-pyrrole nitrogens is 1. The first-order chi connectivity index (χ1) is 42.1. The summed E-state index contributed by atoms with van der Waals surface area (Å²) in [6, 6.07) is 11.3. The molecule has 5 rings (SSSR count). The molecule has 29 heteroatoms. The SMILES string of the molecule is CNC(=N)NCCC[C@H](NC(=O)[C@H](CC(C)C)NC(=O)CNC(=O)[C@](C)(Cc1ccccc1)NC(=O)[C@@H](NC(=O)[C@H](CC(N)=O)NC(=O)[C@@H]1C[C@@H](O)CN1C(=O)[C@@H](Cc1ccc(O)cc1)NC(C)=O)[C@@H](C)O)C(=O)N[C@@H](Cc1c[nH]c2ccccc12)C(N)=O. The summed E-state index contributed by atoms with van der Waals surface area (Å²) in [5.74, 6) is -10.3. The number of amides is 11. The van der Waals surface area contributed by atoms with Crippen LogP contribution >= 0.6 is 0 Å².